The Morgan fingerprint density at radius 2 is 1.81 bits per heavy atom. The topological polar surface area (TPSA) is 82.1 Å². The van der Waals surface area contributed by atoms with Crippen molar-refractivity contribution in [2.45, 2.75) is 63.5 Å². The van der Waals surface area contributed by atoms with E-state index in [1.807, 2.05) is 11.9 Å². The fourth-order valence-electron chi connectivity index (χ4n) is 3.90. The van der Waals surface area contributed by atoms with Crippen LogP contribution in [0.1, 0.15) is 51.4 Å². The zero-order valence-corrected chi connectivity index (χ0v) is 17.3. The highest BCUT2D eigenvalue weighted by Gasteiger charge is 2.24. The summed E-state index contributed by atoms with van der Waals surface area (Å²) in [6.07, 6.45) is 9.38. The van der Waals surface area contributed by atoms with E-state index >= 15 is 0 Å². The predicted octanol–water partition coefficient (Wildman–Crippen LogP) is 1.74. The molecule has 2 N–H and O–H groups in total. The number of carbonyl (C=O) groups is 2. The summed E-state index contributed by atoms with van der Waals surface area (Å²) in [6, 6.07) is 0.294. The number of ether oxygens (including phenoxy) is 1. The second kappa shape index (κ2) is 13.3. The normalized spacial score (nSPS) is 19.6. The molecule has 2 rings (SSSR count). The molecule has 2 fully saturated rings. The van der Waals surface area contributed by atoms with Crippen molar-refractivity contribution < 1.29 is 19.4 Å². The smallest absolute Gasteiger partial charge is 0.317 e. The number of halogens is 1. The number of hydrogen-bond donors (Lipinski definition) is 2. The molecule has 0 atom stereocenters. The second-order valence-corrected chi connectivity index (χ2v) is 7.65. The molecule has 158 valence electrons. The number of rotatable bonds is 10. The van der Waals surface area contributed by atoms with E-state index in [1.165, 1.54) is 32.1 Å². The highest BCUT2D eigenvalue weighted by molar-refractivity contribution is 5.85. The number of hydrogen-bond acceptors (Lipinski definition) is 5. The Labute approximate surface area is 169 Å². The van der Waals surface area contributed by atoms with Gasteiger partial charge in [0.25, 0.3) is 0 Å². The van der Waals surface area contributed by atoms with Crippen LogP contribution < -0.4 is 5.32 Å². The average Bonchev–Trinajstić information content (AvgIpc) is 2.62. The third-order valence-electron chi connectivity index (χ3n) is 5.48. The molecule has 0 radical (unpaired) electrons. The number of carbonyl (C=O) groups excluding carboxylic acids is 1. The second-order valence-electron chi connectivity index (χ2n) is 7.65. The molecule has 8 heteroatoms. The number of carboxylic acid groups (broad SMARTS) is 1. The molecule has 2 aliphatic rings. The molecule has 1 saturated heterocycles. The predicted molar refractivity (Wildman–Crippen MR) is 107 cm³/mol. The zero-order chi connectivity index (χ0) is 18.8. The molecule has 7 nitrogen and oxygen atoms in total. The van der Waals surface area contributed by atoms with Crippen LogP contribution in [-0.2, 0) is 14.3 Å². The molecular formula is C19H36ClN3O4. The molecule has 1 saturated carbocycles. The van der Waals surface area contributed by atoms with Crippen molar-refractivity contribution in [1.82, 2.24) is 15.1 Å². The van der Waals surface area contributed by atoms with E-state index < -0.39 is 5.97 Å². The molecule has 1 aliphatic heterocycles. The van der Waals surface area contributed by atoms with Gasteiger partial charge in [0.1, 0.15) is 0 Å². The number of nitrogens with one attached hydrogen (secondary N) is 1. The first-order chi connectivity index (χ1) is 12.5. The molecule has 1 heterocycles. The lowest BCUT2D eigenvalue weighted by atomic mass is 9.98. The molecule has 0 spiro atoms. The Hall–Kier alpha value is -0.890. The molecule has 0 aromatic heterocycles. The minimum Gasteiger partial charge on any atom is -0.480 e. The Bertz CT molecular complexity index is 439. The van der Waals surface area contributed by atoms with E-state index in [4.69, 9.17) is 9.84 Å². The van der Waals surface area contributed by atoms with E-state index in [0.29, 0.717) is 25.2 Å². The van der Waals surface area contributed by atoms with Gasteiger partial charge in [0, 0.05) is 32.3 Å². The van der Waals surface area contributed by atoms with E-state index in [0.717, 1.165) is 39.0 Å². The van der Waals surface area contributed by atoms with Gasteiger partial charge in [0.05, 0.1) is 19.2 Å². The number of piperidine rings is 1. The summed E-state index contributed by atoms with van der Waals surface area (Å²) in [7, 11) is 1.86. The van der Waals surface area contributed by atoms with Crippen LogP contribution in [0.4, 0.5) is 0 Å². The molecule has 1 amide bonds. The molecule has 0 aromatic carbocycles. The first-order valence-corrected chi connectivity index (χ1v) is 10.1. The minimum atomic E-state index is -0.790. The summed E-state index contributed by atoms with van der Waals surface area (Å²) < 4.78 is 5.87. The summed E-state index contributed by atoms with van der Waals surface area (Å²) in [4.78, 5) is 26.9. The maximum Gasteiger partial charge on any atom is 0.317 e. The van der Waals surface area contributed by atoms with Gasteiger partial charge in [0.2, 0.25) is 5.91 Å². The summed E-state index contributed by atoms with van der Waals surface area (Å²) in [5.74, 6) is -0.721. The van der Waals surface area contributed by atoms with Crippen molar-refractivity contribution in [2.24, 2.45) is 0 Å². The fourth-order valence-corrected chi connectivity index (χ4v) is 3.90. The van der Waals surface area contributed by atoms with Crippen LogP contribution in [0.5, 0.6) is 0 Å². The average molecular weight is 406 g/mol. The standard InChI is InChI=1S/C19H35N3O4.ClH/c1-21(15-19(24)25)16-8-11-22(12-9-16)14-18(23)20-10-5-13-26-17-6-3-2-4-7-17;/h16-17H,2-15H2,1H3,(H,20,23)(H,24,25);1H. The molecule has 0 aromatic rings. The molecule has 0 bridgehead atoms. The third-order valence-corrected chi connectivity index (χ3v) is 5.48. The number of nitrogens with zero attached hydrogens (tertiary/aromatic N) is 2. The highest BCUT2D eigenvalue weighted by atomic mass is 35.5. The Kier molecular flexibility index (Phi) is 11.9. The number of aliphatic carboxylic acids is 1. The minimum absolute atomic E-state index is 0. The Morgan fingerprint density at radius 1 is 1.15 bits per heavy atom. The van der Waals surface area contributed by atoms with Gasteiger partial charge in [-0.25, -0.2) is 0 Å². The zero-order valence-electron chi connectivity index (χ0n) is 16.5. The van der Waals surface area contributed by atoms with Gasteiger partial charge < -0.3 is 15.2 Å². The number of amides is 1. The molecule has 0 unspecified atom stereocenters. The van der Waals surface area contributed by atoms with Crippen LogP contribution in [0.2, 0.25) is 0 Å². The van der Waals surface area contributed by atoms with Crippen LogP contribution in [0.3, 0.4) is 0 Å². The summed E-state index contributed by atoms with van der Waals surface area (Å²) in [6.45, 7) is 3.59. The summed E-state index contributed by atoms with van der Waals surface area (Å²) >= 11 is 0. The first kappa shape index (κ1) is 24.1. The molecule has 27 heavy (non-hydrogen) atoms. The van der Waals surface area contributed by atoms with E-state index in [1.54, 1.807) is 0 Å². The van der Waals surface area contributed by atoms with Crippen molar-refractivity contribution >= 4 is 24.3 Å². The van der Waals surface area contributed by atoms with Crippen LogP contribution in [0.15, 0.2) is 0 Å². The third kappa shape index (κ3) is 9.74. The van der Waals surface area contributed by atoms with Gasteiger partial charge in [-0.3, -0.25) is 19.4 Å². The van der Waals surface area contributed by atoms with Crippen LogP contribution in [-0.4, -0.2) is 85.3 Å². The van der Waals surface area contributed by atoms with Crippen LogP contribution in [0, 0.1) is 0 Å². The van der Waals surface area contributed by atoms with E-state index in [-0.39, 0.29) is 24.9 Å². The highest BCUT2D eigenvalue weighted by Crippen LogP contribution is 2.20. The number of likely N-dealkylation sites (N-methyl/N-ethyl adjacent to an activating group) is 1. The SMILES string of the molecule is CN(CC(=O)O)C1CCN(CC(=O)NCCCOC2CCCCC2)CC1.Cl. The van der Waals surface area contributed by atoms with E-state index in [9.17, 15) is 9.59 Å². The lowest BCUT2D eigenvalue weighted by Crippen LogP contribution is -2.47. The maximum absolute atomic E-state index is 12.1. The summed E-state index contributed by atoms with van der Waals surface area (Å²) in [5.41, 5.74) is 0. The molecule has 1 aliphatic carbocycles. The summed E-state index contributed by atoms with van der Waals surface area (Å²) in [5, 5.41) is 11.8. The lowest BCUT2D eigenvalue weighted by molar-refractivity contribution is -0.138. The van der Waals surface area contributed by atoms with E-state index in [2.05, 4.69) is 10.2 Å². The van der Waals surface area contributed by atoms with Gasteiger partial charge in [-0.2, -0.15) is 0 Å². The Balaban J connectivity index is 0.00000364. The van der Waals surface area contributed by atoms with Crippen LogP contribution >= 0.6 is 12.4 Å². The lowest BCUT2D eigenvalue weighted by Gasteiger charge is -2.35. The van der Waals surface area contributed by atoms with Crippen molar-refractivity contribution in [2.75, 3.05) is 46.4 Å². The van der Waals surface area contributed by atoms with Crippen molar-refractivity contribution in [3.8, 4) is 0 Å². The largest absolute Gasteiger partial charge is 0.480 e. The van der Waals surface area contributed by atoms with Crippen molar-refractivity contribution in [3.05, 3.63) is 0 Å². The van der Waals surface area contributed by atoms with Gasteiger partial charge in [-0.1, -0.05) is 19.3 Å². The quantitative estimate of drug-likeness (QED) is 0.539. The first-order valence-electron chi connectivity index (χ1n) is 10.1. The number of carboxylic acids is 1. The van der Waals surface area contributed by atoms with Gasteiger partial charge in [0.15, 0.2) is 0 Å². The van der Waals surface area contributed by atoms with Crippen LogP contribution in [0.25, 0.3) is 0 Å². The Morgan fingerprint density at radius 3 is 2.44 bits per heavy atom. The monoisotopic (exact) mass is 405 g/mol. The van der Waals surface area contributed by atoms with Crippen molar-refractivity contribution in [1.29, 1.82) is 0 Å². The van der Waals surface area contributed by atoms with Gasteiger partial charge >= 0.3 is 5.97 Å². The number of likely N-dealkylation sites (tertiary alicyclic amines) is 1. The van der Waals surface area contributed by atoms with Gasteiger partial charge in [-0.05, 0) is 39.2 Å². The van der Waals surface area contributed by atoms with Gasteiger partial charge in [-0.15, -0.1) is 12.4 Å². The maximum atomic E-state index is 12.1. The van der Waals surface area contributed by atoms with Crippen molar-refractivity contribution in [3.63, 3.8) is 0 Å². The fraction of sp³-hybridized carbons (Fsp3) is 0.895. The molecular weight excluding hydrogens is 370 g/mol.